The zero-order valence-electron chi connectivity index (χ0n) is 18.2. The summed E-state index contributed by atoms with van der Waals surface area (Å²) in [7, 11) is -0.380. The van der Waals surface area contributed by atoms with Crippen LogP contribution in [0.2, 0.25) is 0 Å². The van der Waals surface area contributed by atoms with E-state index in [0.717, 1.165) is 11.1 Å². The van der Waals surface area contributed by atoms with Crippen LogP contribution in [0.3, 0.4) is 0 Å². The monoisotopic (exact) mass is 447 g/mol. The SMILES string of the molecule is COc1ccc([C@H]2C[C@]3(CCO2)CN(S(=O)(=O)c2ccc(C)cc2)CCO3)cc1OC. The number of sulfonamides is 1. The van der Waals surface area contributed by atoms with E-state index in [1.54, 1.807) is 30.7 Å². The molecule has 168 valence electrons. The molecule has 2 atom stereocenters. The van der Waals surface area contributed by atoms with Crippen LogP contribution in [0.15, 0.2) is 47.4 Å². The Labute approximate surface area is 183 Å². The van der Waals surface area contributed by atoms with Gasteiger partial charge < -0.3 is 18.9 Å². The standard InChI is InChI=1S/C23H29NO6S/c1-17-4-7-19(8-5-17)31(25,26)24-11-13-30-23(16-24)10-12-29-22(15-23)18-6-9-20(27-2)21(14-18)28-3/h4-9,14,22H,10-13,15-16H2,1-3H3/t22-,23-/m1/s1. The molecule has 0 amide bonds. The van der Waals surface area contributed by atoms with Crippen molar-refractivity contribution in [1.29, 1.82) is 0 Å². The lowest BCUT2D eigenvalue weighted by atomic mass is 9.86. The molecule has 2 fully saturated rings. The third-order valence-electron chi connectivity index (χ3n) is 6.09. The van der Waals surface area contributed by atoms with Crippen LogP contribution in [0.4, 0.5) is 0 Å². The number of aryl methyl sites for hydroxylation is 1. The molecule has 4 rings (SSSR count). The van der Waals surface area contributed by atoms with E-state index in [2.05, 4.69) is 0 Å². The zero-order valence-corrected chi connectivity index (χ0v) is 19.0. The van der Waals surface area contributed by atoms with Crippen molar-refractivity contribution < 1.29 is 27.4 Å². The number of hydrogen-bond donors (Lipinski definition) is 0. The van der Waals surface area contributed by atoms with E-state index in [1.165, 1.54) is 0 Å². The van der Waals surface area contributed by atoms with Gasteiger partial charge in [-0.2, -0.15) is 4.31 Å². The summed E-state index contributed by atoms with van der Waals surface area (Å²) in [5.41, 5.74) is 1.41. The largest absolute Gasteiger partial charge is 0.493 e. The van der Waals surface area contributed by atoms with Crippen LogP contribution in [-0.4, -0.2) is 58.8 Å². The summed E-state index contributed by atoms with van der Waals surface area (Å²) in [6.07, 6.45) is 1.01. The van der Waals surface area contributed by atoms with Gasteiger partial charge in [-0.1, -0.05) is 23.8 Å². The highest BCUT2D eigenvalue weighted by molar-refractivity contribution is 7.89. The van der Waals surface area contributed by atoms with Gasteiger partial charge in [0.15, 0.2) is 11.5 Å². The molecule has 8 heteroatoms. The van der Waals surface area contributed by atoms with Crippen molar-refractivity contribution in [3.63, 3.8) is 0 Å². The van der Waals surface area contributed by atoms with Crippen molar-refractivity contribution in [2.75, 3.05) is 40.5 Å². The fourth-order valence-electron chi connectivity index (χ4n) is 4.30. The van der Waals surface area contributed by atoms with Crippen LogP contribution in [0, 0.1) is 6.92 Å². The van der Waals surface area contributed by atoms with Crippen LogP contribution in [0.1, 0.15) is 30.1 Å². The van der Waals surface area contributed by atoms with Gasteiger partial charge in [0.1, 0.15) is 0 Å². The molecule has 7 nitrogen and oxygen atoms in total. The van der Waals surface area contributed by atoms with Gasteiger partial charge in [0, 0.05) is 25.9 Å². The molecule has 2 aliphatic rings. The highest BCUT2D eigenvalue weighted by atomic mass is 32.2. The Balaban J connectivity index is 1.55. The molecule has 0 unspecified atom stereocenters. The maximum absolute atomic E-state index is 13.2. The first-order valence-electron chi connectivity index (χ1n) is 10.4. The Bertz CT molecular complexity index is 1020. The molecule has 0 aliphatic carbocycles. The molecular formula is C23H29NO6S. The number of methoxy groups -OCH3 is 2. The van der Waals surface area contributed by atoms with Crippen molar-refractivity contribution >= 4 is 10.0 Å². The van der Waals surface area contributed by atoms with E-state index >= 15 is 0 Å². The van der Waals surface area contributed by atoms with Crippen LogP contribution in [0.5, 0.6) is 11.5 Å². The van der Waals surface area contributed by atoms with E-state index in [-0.39, 0.29) is 6.10 Å². The third-order valence-corrected chi connectivity index (χ3v) is 7.95. The Morgan fingerprint density at radius 1 is 1.03 bits per heavy atom. The highest BCUT2D eigenvalue weighted by Crippen LogP contribution is 2.41. The van der Waals surface area contributed by atoms with Gasteiger partial charge >= 0.3 is 0 Å². The fraction of sp³-hybridized carbons (Fsp3) is 0.478. The molecule has 2 aromatic rings. The molecule has 0 aromatic heterocycles. The summed E-state index contributed by atoms with van der Waals surface area (Å²) in [5, 5.41) is 0. The van der Waals surface area contributed by atoms with Crippen molar-refractivity contribution in [3.8, 4) is 11.5 Å². The predicted molar refractivity (Wildman–Crippen MR) is 116 cm³/mol. The third kappa shape index (κ3) is 4.43. The van der Waals surface area contributed by atoms with E-state index in [1.807, 2.05) is 37.3 Å². The Kier molecular flexibility index (Phi) is 6.25. The molecule has 2 saturated heterocycles. The van der Waals surface area contributed by atoms with E-state index in [9.17, 15) is 8.42 Å². The minimum atomic E-state index is -3.58. The quantitative estimate of drug-likeness (QED) is 0.700. The molecule has 1 spiro atoms. The number of ether oxygens (including phenoxy) is 4. The second-order valence-electron chi connectivity index (χ2n) is 8.11. The normalized spacial score (nSPS) is 24.8. The van der Waals surface area contributed by atoms with Crippen molar-refractivity contribution in [3.05, 3.63) is 53.6 Å². The van der Waals surface area contributed by atoms with Crippen molar-refractivity contribution in [2.24, 2.45) is 0 Å². The fourth-order valence-corrected chi connectivity index (χ4v) is 5.80. The predicted octanol–water partition coefficient (Wildman–Crippen LogP) is 3.32. The summed E-state index contributed by atoms with van der Waals surface area (Å²) in [6.45, 7) is 3.47. The Hall–Kier alpha value is -2.13. The molecule has 2 aliphatic heterocycles. The van der Waals surface area contributed by atoms with E-state index < -0.39 is 15.6 Å². The molecule has 0 radical (unpaired) electrons. The number of rotatable bonds is 5. The lowest BCUT2D eigenvalue weighted by molar-refractivity contribution is -0.163. The molecular weight excluding hydrogens is 418 g/mol. The van der Waals surface area contributed by atoms with Crippen LogP contribution in [-0.2, 0) is 19.5 Å². The number of morpholine rings is 1. The zero-order chi connectivity index (χ0) is 22.1. The number of benzene rings is 2. The molecule has 31 heavy (non-hydrogen) atoms. The van der Waals surface area contributed by atoms with Gasteiger partial charge in [-0.15, -0.1) is 0 Å². The molecule has 2 heterocycles. The maximum atomic E-state index is 13.2. The second-order valence-corrected chi connectivity index (χ2v) is 10.0. The van der Waals surface area contributed by atoms with Gasteiger partial charge in [-0.05, 0) is 36.8 Å². The lowest BCUT2D eigenvalue weighted by Crippen LogP contribution is -2.56. The van der Waals surface area contributed by atoms with Gasteiger partial charge in [0.25, 0.3) is 0 Å². The van der Waals surface area contributed by atoms with Crippen molar-refractivity contribution in [2.45, 2.75) is 36.4 Å². The number of nitrogens with zero attached hydrogens (tertiary/aromatic N) is 1. The van der Waals surface area contributed by atoms with Crippen LogP contribution in [0.25, 0.3) is 0 Å². The lowest BCUT2D eigenvalue weighted by Gasteiger charge is -2.46. The maximum Gasteiger partial charge on any atom is 0.243 e. The Morgan fingerprint density at radius 3 is 2.48 bits per heavy atom. The minimum Gasteiger partial charge on any atom is -0.493 e. The smallest absolute Gasteiger partial charge is 0.243 e. The summed E-state index contributed by atoms with van der Waals surface area (Å²) < 4.78 is 51.0. The second kappa shape index (κ2) is 8.78. The summed E-state index contributed by atoms with van der Waals surface area (Å²) in [5.74, 6) is 1.29. The first-order valence-corrected chi connectivity index (χ1v) is 11.9. The van der Waals surface area contributed by atoms with E-state index in [0.29, 0.717) is 55.5 Å². The van der Waals surface area contributed by atoms with Crippen LogP contribution >= 0.6 is 0 Å². The van der Waals surface area contributed by atoms with Gasteiger partial charge in [-0.25, -0.2) is 8.42 Å². The van der Waals surface area contributed by atoms with Crippen LogP contribution < -0.4 is 9.47 Å². The minimum absolute atomic E-state index is 0.212. The average molecular weight is 448 g/mol. The van der Waals surface area contributed by atoms with Gasteiger partial charge in [0.05, 0.1) is 44.0 Å². The summed E-state index contributed by atoms with van der Waals surface area (Å²) in [6, 6.07) is 12.7. The summed E-state index contributed by atoms with van der Waals surface area (Å²) >= 11 is 0. The summed E-state index contributed by atoms with van der Waals surface area (Å²) in [4.78, 5) is 0.318. The highest BCUT2D eigenvalue weighted by Gasteiger charge is 2.45. The van der Waals surface area contributed by atoms with Gasteiger partial charge in [0.2, 0.25) is 10.0 Å². The topological polar surface area (TPSA) is 74.3 Å². The van der Waals surface area contributed by atoms with E-state index in [4.69, 9.17) is 18.9 Å². The number of hydrogen-bond acceptors (Lipinski definition) is 6. The van der Waals surface area contributed by atoms with Gasteiger partial charge in [-0.3, -0.25) is 0 Å². The Morgan fingerprint density at radius 2 is 1.77 bits per heavy atom. The average Bonchev–Trinajstić information content (AvgIpc) is 2.79. The molecule has 0 saturated carbocycles. The molecule has 2 aromatic carbocycles. The van der Waals surface area contributed by atoms with Crippen molar-refractivity contribution in [1.82, 2.24) is 4.31 Å². The molecule has 0 bridgehead atoms. The first-order chi connectivity index (χ1) is 14.9. The first kappa shape index (κ1) is 22.1. The molecule has 0 N–H and O–H groups in total.